The second-order valence-corrected chi connectivity index (χ2v) is 9.84. The number of nitrogens with one attached hydrogen (secondary N) is 1. The third-order valence-electron chi connectivity index (χ3n) is 5.84. The van der Waals surface area contributed by atoms with E-state index in [9.17, 15) is 14.2 Å². The van der Waals surface area contributed by atoms with E-state index in [0.717, 1.165) is 17.5 Å². The number of hydrogen-bond donors (Lipinski definition) is 3. The normalized spacial score (nSPS) is 15.2. The van der Waals surface area contributed by atoms with Crippen LogP contribution in [0.3, 0.4) is 0 Å². The molecule has 1 aliphatic rings. The smallest absolute Gasteiger partial charge is 0.325 e. The van der Waals surface area contributed by atoms with Gasteiger partial charge in [-0.25, -0.2) is 4.68 Å². The number of ketones is 1. The molecule has 0 aliphatic carbocycles. The van der Waals surface area contributed by atoms with Crippen molar-refractivity contribution in [2.75, 3.05) is 31.3 Å². The predicted molar refractivity (Wildman–Crippen MR) is 120 cm³/mol. The van der Waals surface area contributed by atoms with Crippen LogP contribution in [-0.2, 0) is 11.1 Å². The van der Waals surface area contributed by atoms with E-state index in [-0.39, 0.29) is 30.1 Å². The molecule has 0 radical (unpaired) electrons. The number of H-pyrrole nitrogens is 1. The highest BCUT2D eigenvalue weighted by Gasteiger charge is 2.26. The molecule has 0 aromatic carbocycles. The quantitative estimate of drug-likeness (QED) is 0.318. The Labute approximate surface area is 188 Å². The van der Waals surface area contributed by atoms with E-state index in [1.807, 2.05) is 4.90 Å². The number of anilines is 1. The fourth-order valence-corrected chi connectivity index (χ4v) is 4.73. The number of aromatic nitrogens is 5. The summed E-state index contributed by atoms with van der Waals surface area (Å²) in [5.74, 6) is 0.660. The average molecular weight is 476 g/mol. The van der Waals surface area contributed by atoms with Crippen molar-refractivity contribution in [1.29, 1.82) is 0 Å². The fourth-order valence-electron chi connectivity index (χ4n) is 4.02. The van der Waals surface area contributed by atoms with Crippen molar-refractivity contribution in [2.45, 2.75) is 25.8 Å². The van der Waals surface area contributed by atoms with Crippen LogP contribution in [0.4, 0.5) is 5.82 Å². The van der Waals surface area contributed by atoms with E-state index < -0.39 is 13.2 Å². The lowest BCUT2D eigenvalue weighted by atomic mass is 9.94. The van der Waals surface area contributed by atoms with Gasteiger partial charge in [0.1, 0.15) is 18.1 Å². The first kappa shape index (κ1) is 23.1. The number of aromatic amines is 1. The van der Waals surface area contributed by atoms with Gasteiger partial charge >= 0.3 is 7.60 Å². The topological polar surface area (TPSA) is 164 Å². The molecule has 1 aliphatic heterocycles. The summed E-state index contributed by atoms with van der Waals surface area (Å²) in [6.07, 6.45) is 4.74. The second kappa shape index (κ2) is 9.42. The van der Waals surface area contributed by atoms with Gasteiger partial charge in [-0.2, -0.15) is 15.2 Å². The predicted octanol–water partition coefficient (Wildman–Crippen LogP) is 1.19. The molecule has 1 fully saturated rings. The van der Waals surface area contributed by atoms with Crippen molar-refractivity contribution >= 4 is 30.0 Å². The fraction of sp³-hybridized carbons (Fsp3) is 0.450. The Kier molecular flexibility index (Phi) is 6.59. The van der Waals surface area contributed by atoms with E-state index in [4.69, 9.17) is 14.5 Å². The number of hydrogen-bond acceptors (Lipinski definition) is 8. The Morgan fingerprint density at radius 3 is 2.73 bits per heavy atom. The van der Waals surface area contributed by atoms with E-state index in [1.165, 1.54) is 25.6 Å². The van der Waals surface area contributed by atoms with E-state index >= 15 is 0 Å². The van der Waals surface area contributed by atoms with E-state index in [0.29, 0.717) is 42.0 Å². The molecule has 4 rings (SSSR count). The number of methoxy groups -OCH3 is 1. The molecule has 3 aromatic rings. The van der Waals surface area contributed by atoms with E-state index in [1.54, 1.807) is 6.07 Å². The van der Waals surface area contributed by atoms with Crippen LogP contribution in [-0.4, -0.2) is 66.9 Å². The number of piperidine rings is 1. The van der Waals surface area contributed by atoms with Crippen molar-refractivity contribution in [3.63, 3.8) is 0 Å². The highest BCUT2D eigenvalue weighted by atomic mass is 31.2. The van der Waals surface area contributed by atoms with Gasteiger partial charge in [0.2, 0.25) is 11.7 Å². The molecule has 0 atom stereocenters. The lowest BCUT2D eigenvalue weighted by Crippen LogP contribution is -2.36. The van der Waals surface area contributed by atoms with Crippen molar-refractivity contribution < 1.29 is 23.9 Å². The van der Waals surface area contributed by atoms with Crippen molar-refractivity contribution in [3.8, 4) is 5.88 Å². The molecule has 1 saturated heterocycles. The highest BCUT2D eigenvalue weighted by Crippen LogP contribution is 2.38. The Balaban J connectivity index is 1.62. The Morgan fingerprint density at radius 1 is 1.33 bits per heavy atom. The molecule has 13 heteroatoms. The van der Waals surface area contributed by atoms with Gasteiger partial charge in [0, 0.05) is 30.7 Å². The van der Waals surface area contributed by atoms with Crippen molar-refractivity contribution in [2.24, 2.45) is 5.92 Å². The summed E-state index contributed by atoms with van der Waals surface area (Å²) >= 11 is 0. The number of rotatable bonds is 8. The number of ether oxygens (including phenoxy) is 1. The molecule has 0 saturated carbocycles. The third kappa shape index (κ3) is 5.29. The molecule has 3 N–H and O–H groups in total. The van der Waals surface area contributed by atoms with Crippen LogP contribution >= 0.6 is 7.60 Å². The standard InChI is InChI=1S/C20H25N6O6P/c1-32-17-10-14-11-22-26(12-16(27)15-2-6-21-24-15)20(28)18(14)19(23-17)25-7-3-13(4-8-25)5-9-33(29,30)31/h2,6,10-11,13H,3-5,7-9,12H2,1H3,(H,21,24)(H2,29,30,31). The van der Waals surface area contributed by atoms with Crippen LogP contribution in [0.1, 0.15) is 29.8 Å². The van der Waals surface area contributed by atoms with Gasteiger partial charge in [-0.1, -0.05) is 0 Å². The number of nitrogens with zero attached hydrogens (tertiary/aromatic N) is 5. The Hall–Kier alpha value is -3.08. The van der Waals surface area contributed by atoms with Gasteiger partial charge in [-0.15, -0.1) is 0 Å². The molecule has 0 amide bonds. The molecule has 33 heavy (non-hydrogen) atoms. The molecule has 0 spiro atoms. The van der Waals surface area contributed by atoms with Crippen molar-refractivity contribution in [3.05, 3.63) is 40.6 Å². The number of fused-ring (bicyclic) bond motifs is 1. The van der Waals surface area contributed by atoms with Gasteiger partial charge in [-0.3, -0.25) is 19.3 Å². The van der Waals surface area contributed by atoms with Gasteiger partial charge < -0.3 is 19.4 Å². The van der Waals surface area contributed by atoms with Crippen LogP contribution in [0.5, 0.6) is 5.88 Å². The monoisotopic (exact) mass is 476 g/mol. The minimum Gasteiger partial charge on any atom is -0.481 e. The van der Waals surface area contributed by atoms with Crippen molar-refractivity contribution in [1.82, 2.24) is 25.0 Å². The SMILES string of the molecule is COc1cc2cnn(CC(=O)c3ccn[nH]3)c(=O)c2c(N2CCC(CCP(=O)(O)O)CC2)n1. The lowest BCUT2D eigenvalue weighted by molar-refractivity contribution is 0.0961. The van der Waals surface area contributed by atoms with Gasteiger partial charge in [0.15, 0.2) is 0 Å². The lowest BCUT2D eigenvalue weighted by Gasteiger charge is -2.33. The average Bonchev–Trinajstić information content (AvgIpc) is 3.34. The zero-order chi connectivity index (χ0) is 23.6. The molecule has 176 valence electrons. The van der Waals surface area contributed by atoms with E-state index in [2.05, 4.69) is 20.3 Å². The molecule has 12 nitrogen and oxygen atoms in total. The number of carbonyl (C=O) groups is 1. The zero-order valence-corrected chi connectivity index (χ0v) is 18.9. The largest absolute Gasteiger partial charge is 0.481 e. The summed E-state index contributed by atoms with van der Waals surface area (Å²) in [7, 11) is -2.53. The third-order valence-corrected chi connectivity index (χ3v) is 6.68. The maximum atomic E-state index is 13.3. The molecule has 0 unspecified atom stereocenters. The summed E-state index contributed by atoms with van der Waals surface area (Å²) < 4.78 is 17.6. The first-order valence-electron chi connectivity index (χ1n) is 10.5. The Morgan fingerprint density at radius 2 is 2.09 bits per heavy atom. The number of Topliss-reactive ketones (excluding diaryl/α,β-unsaturated/α-hetero) is 1. The summed E-state index contributed by atoms with van der Waals surface area (Å²) in [5.41, 5.74) is -0.150. The minimum atomic E-state index is -4.02. The first-order valence-corrected chi connectivity index (χ1v) is 12.3. The molecular formula is C20H25N6O6P. The maximum absolute atomic E-state index is 13.3. The van der Waals surface area contributed by atoms with Crippen LogP contribution in [0.2, 0.25) is 0 Å². The first-order chi connectivity index (χ1) is 15.7. The molecule has 0 bridgehead atoms. The maximum Gasteiger partial charge on any atom is 0.325 e. The van der Waals surface area contributed by atoms with Gasteiger partial charge in [-0.05, 0) is 31.2 Å². The summed E-state index contributed by atoms with van der Waals surface area (Å²) in [4.78, 5) is 50.5. The molecule has 4 heterocycles. The highest BCUT2D eigenvalue weighted by molar-refractivity contribution is 7.51. The zero-order valence-electron chi connectivity index (χ0n) is 18.0. The van der Waals surface area contributed by atoms with Gasteiger partial charge in [0.25, 0.3) is 5.56 Å². The van der Waals surface area contributed by atoms with Crippen LogP contribution in [0.25, 0.3) is 10.8 Å². The van der Waals surface area contributed by atoms with Gasteiger partial charge in [0.05, 0.1) is 24.9 Å². The second-order valence-electron chi connectivity index (χ2n) is 8.06. The summed E-state index contributed by atoms with van der Waals surface area (Å²) in [5, 5.41) is 11.4. The van der Waals surface area contributed by atoms with Crippen LogP contribution < -0.4 is 15.2 Å². The molecular weight excluding hydrogens is 451 g/mol. The Bertz CT molecular complexity index is 1250. The summed E-state index contributed by atoms with van der Waals surface area (Å²) in [6, 6.07) is 3.16. The summed E-state index contributed by atoms with van der Waals surface area (Å²) in [6.45, 7) is 0.915. The molecule has 3 aromatic heterocycles. The van der Waals surface area contributed by atoms with Crippen LogP contribution in [0.15, 0.2) is 29.3 Å². The number of carbonyl (C=O) groups excluding carboxylic acids is 1. The number of pyridine rings is 1. The minimum absolute atomic E-state index is 0.126. The van der Waals surface area contributed by atoms with Crippen LogP contribution in [0, 0.1) is 5.92 Å².